The number of morpholine rings is 1. The van der Waals surface area contributed by atoms with Crippen molar-refractivity contribution >= 4 is 0 Å². The van der Waals surface area contributed by atoms with Gasteiger partial charge < -0.3 is 9.84 Å². The highest BCUT2D eigenvalue weighted by Crippen LogP contribution is 2.32. The molecule has 3 unspecified atom stereocenters. The summed E-state index contributed by atoms with van der Waals surface area (Å²) in [6.45, 7) is 3.00. The van der Waals surface area contributed by atoms with Gasteiger partial charge in [0, 0.05) is 31.2 Å². The van der Waals surface area contributed by atoms with Crippen LogP contribution in [-0.4, -0.2) is 51.7 Å². The number of benzene rings is 1. The van der Waals surface area contributed by atoms with Crippen LogP contribution >= 0.6 is 0 Å². The minimum Gasteiger partial charge on any atom is -0.393 e. The quantitative estimate of drug-likeness (QED) is 0.924. The molecule has 2 aliphatic rings. The summed E-state index contributed by atoms with van der Waals surface area (Å²) in [4.78, 5) is 2.39. The van der Waals surface area contributed by atoms with Gasteiger partial charge in [-0.25, -0.2) is 9.07 Å². The van der Waals surface area contributed by atoms with Crippen LogP contribution < -0.4 is 0 Å². The SMILES string of the molecule is OC1CCCC1C1COCCN1Cc1ccn(-c2ccc(F)cc2)n1. The molecule has 1 aromatic heterocycles. The van der Waals surface area contributed by atoms with Gasteiger partial charge in [-0.1, -0.05) is 6.42 Å². The minimum absolute atomic E-state index is 0.217. The van der Waals surface area contributed by atoms with Crippen LogP contribution in [0.15, 0.2) is 36.5 Å². The summed E-state index contributed by atoms with van der Waals surface area (Å²) < 4.78 is 20.5. The van der Waals surface area contributed by atoms with E-state index in [1.807, 2.05) is 12.3 Å². The topological polar surface area (TPSA) is 50.5 Å². The van der Waals surface area contributed by atoms with E-state index in [9.17, 15) is 9.50 Å². The fourth-order valence-corrected chi connectivity index (χ4v) is 4.06. The van der Waals surface area contributed by atoms with E-state index in [0.717, 1.165) is 50.3 Å². The Bertz CT molecular complexity index is 703. The first-order valence-electron chi connectivity index (χ1n) is 9.01. The van der Waals surface area contributed by atoms with E-state index >= 15 is 0 Å². The van der Waals surface area contributed by atoms with Crippen LogP contribution in [0.25, 0.3) is 5.69 Å². The van der Waals surface area contributed by atoms with Gasteiger partial charge in [0.25, 0.3) is 0 Å². The first-order valence-corrected chi connectivity index (χ1v) is 9.01. The third-order valence-corrected chi connectivity index (χ3v) is 5.41. The molecule has 6 heteroatoms. The van der Waals surface area contributed by atoms with Crippen molar-refractivity contribution in [1.82, 2.24) is 14.7 Å². The molecule has 1 aliphatic heterocycles. The van der Waals surface area contributed by atoms with Crippen molar-refractivity contribution in [1.29, 1.82) is 0 Å². The molecule has 4 rings (SSSR count). The lowest BCUT2D eigenvalue weighted by molar-refractivity contribution is -0.0541. The summed E-state index contributed by atoms with van der Waals surface area (Å²) >= 11 is 0. The van der Waals surface area contributed by atoms with Crippen LogP contribution in [0, 0.1) is 11.7 Å². The van der Waals surface area contributed by atoms with Gasteiger partial charge in [-0.05, 0) is 43.2 Å². The summed E-state index contributed by atoms with van der Waals surface area (Å²) in [5, 5.41) is 14.9. The highest BCUT2D eigenvalue weighted by molar-refractivity contribution is 5.31. The summed E-state index contributed by atoms with van der Waals surface area (Å²) in [6, 6.07) is 8.58. The fourth-order valence-electron chi connectivity index (χ4n) is 4.06. The van der Waals surface area contributed by atoms with Gasteiger partial charge in [-0.3, -0.25) is 4.90 Å². The van der Waals surface area contributed by atoms with Gasteiger partial charge in [0.05, 0.1) is 30.7 Å². The second-order valence-corrected chi connectivity index (χ2v) is 7.00. The summed E-state index contributed by atoms with van der Waals surface area (Å²) in [5.74, 6) is 0.0434. The molecule has 0 spiro atoms. The number of hydrogen-bond donors (Lipinski definition) is 1. The van der Waals surface area contributed by atoms with E-state index in [-0.39, 0.29) is 18.0 Å². The number of halogens is 1. The number of aliphatic hydroxyl groups is 1. The molecule has 5 nitrogen and oxygen atoms in total. The minimum atomic E-state index is -0.248. The normalized spacial score (nSPS) is 27.7. The Hall–Kier alpha value is -1.76. The zero-order valence-corrected chi connectivity index (χ0v) is 14.2. The number of ether oxygens (including phenoxy) is 1. The van der Waals surface area contributed by atoms with Gasteiger partial charge in [0.1, 0.15) is 5.82 Å². The average molecular weight is 345 g/mol. The van der Waals surface area contributed by atoms with Crippen molar-refractivity contribution < 1.29 is 14.2 Å². The molecular formula is C19H24FN3O2. The van der Waals surface area contributed by atoms with Gasteiger partial charge >= 0.3 is 0 Å². The standard InChI is InChI=1S/C19H24FN3O2/c20-14-4-6-16(7-5-14)23-9-8-15(21-23)12-22-10-11-25-13-18(22)17-2-1-3-19(17)24/h4-9,17-19,24H,1-3,10-13H2. The lowest BCUT2D eigenvalue weighted by Gasteiger charge is -2.39. The summed E-state index contributed by atoms with van der Waals surface area (Å²) in [6.07, 6.45) is 4.74. The van der Waals surface area contributed by atoms with E-state index in [0.29, 0.717) is 12.5 Å². The molecule has 1 saturated heterocycles. The maximum atomic E-state index is 13.1. The lowest BCUT2D eigenvalue weighted by atomic mass is 9.94. The van der Waals surface area contributed by atoms with E-state index in [4.69, 9.17) is 4.74 Å². The van der Waals surface area contributed by atoms with Crippen LogP contribution in [0.4, 0.5) is 4.39 Å². The summed E-state index contributed by atoms with van der Waals surface area (Å²) in [5.41, 5.74) is 1.82. The van der Waals surface area contributed by atoms with Crippen LogP contribution in [0.3, 0.4) is 0 Å². The third-order valence-electron chi connectivity index (χ3n) is 5.41. The second-order valence-electron chi connectivity index (χ2n) is 7.00. The highest BCUT2D eigenvalue weighted by Gasteiger charge is 2.37. The van der Waals surface area contributed by atoms with E-state index in [1.165, 1.54) is 12.1 Å². The number of aliphatic hydroxyl groups excluding tert-OH is 1. The second kappa shape index (κ2) is 7.23. The Labute approximate surface area is 147 Å². The number of nitrogens with zero attached hydrogens (tertiary/aromatic N) is 3. The van der Waals surface area contributed by atoms with Crippen molar-refractivity contribution in [2.24, 2.45) is 5.92 Å². The van der Waals surface area contributed by atoms with E-state index < -0.39 is 0 Å². The number of aromatic nitrogens is 2. The molecule has 134 valence electrons. The number of rotatable bonds is 4. The molecule has 2 aromatic rings. The zero-order chi connectivity index (χ0) is 17.2. The van der Waals surface area contributed by atoms with Crippen LogP contribution in [0.5, 0.6) is 0 Å². The van der Waals surface area contributed by atoms with Crippen LogP contribution in [0.1, 0.15) is 25.0 Å². The Morgan fingerprint density at radius 2 is 2.04 bits per heavy atom. The van der Waals surface area contributed by atoms with Gasteiger partial charge in [0.15, 0.2) is 0 Å². The molecule has 1 N–H and O–H groups in total. The molecule has 1 aliphatic carbocycles. The van der Waals surface area contributed by atoms with E-state index in [1.54, 1.807) is 16.8 Å². The Morgan fingerprint density at radius 3 is 2.80 bits per heavy atom. The molecule has 2 heterocycles. The van der Waals surface area contributed by atoms with E-state index in [2.05, 4.69) is 10.00 Å². The van der Waals surface area contributed by atoms with Crippen molar-refractivity contribution in [3.8, 4) is 5.69 Å². The number of hydrogen-bond acceptors (Lipinski definition) is 4. The average Bonchev–Trinajstić information content (AvgIpc) is 3.25. The van der Waals surface area contributed by atoms with Gasteiger partial charge in [-0.2, -0.15) is 5.10 Å². The zero-order valence-electron chi connectivity index (χ0n) is 14.2. The lowest BCUT2D eigenvalue weighted by Crippen LogP contribution is -2.50. The van der Waals surface area contributed by atoms with Crippen molar-refractivity contribution in [3.05, 3.63) is 48.0 Å². The first kappa shape index (κ1) is 16.7. The van der Waals surface area contributed by atoms with Crippen molar-refractivity contribution in [2.45, 2.75) is 38.0 Å². The Kier molecular flexibility index (Phi) is 4.83. The molecule has 25 heavy (non-hydrogen) atoms. The van der Waals surface area contributed by atoms with Crippen molar-refractivity contribution in [3.63, 3.8) is 0 Å². The van der Waals surface area contributed by atoms with Gasteiger partial charge in [0.2, 0.25) is 0 Å². The molecular weight excluding hydrogens is 321 g/mol. The van der Waals surface area contributed by atoms with Crippen LogP contribution in [0.2, 0.25) is 0 Å². The summed E-state index contributed by atoms with van der Waals surface area (Å²) in [7, 11) is 0. The fraction of sp³-hybridized carbons (Fsp3) is 0.526. The molecule has 0 bridgehead atoms. The predicted octanol–water partition coefficient (Wildman–Crippen LogP) is 2.37. The largest absolute Gasteiger partial charge is 0.393 e. The smallest absolute Gasteiger partial charge is 0.123 e. The monoisotopic (exact) mass is 345 g/mol. The molecule has 1 aromatic carbocycles. The van der Waals surface area contributed by atoms with Crippen LogP contribution in [-0.2, 0) is 11.3 Å². The van der Waals surface area contributed by atoms with Crippen molar-refractivity contribution in [2.75, 3.05) is 19.8 Å². The third kappa shape index (κ3) is 3.61. The predicted molar refractivity (Wildman–Crippen MR) is 91.9 cm³/mol. The molecule has 0 amide bonds. The molecule has 1 saturated carbocycles. The Morgan fingerprint density at radius 1 is 1.20 bits per heavy atom. The first-order chi connectivity index (χ1) is 12.2. The molecule has 2 fully saturated rings. The molecule has 0 radical (unpaired) electrons. The maximum absolute atomic E-state index is 13.1. The molecule has 3 atom stereocenters. The highest BCUT2D eigenvalue weighted by atomic mass is 19.1. The van der Waals surface area contributed by atoms with Gasteiger partial charge in [-0.15, -0.1) is 0 Å². The maximum Gasteiger partial charge on any atom is 0.123 e. The Balaban J connectivity index is 1.47.